The molecule has 0 saturated carbocycles. The van der Waals surface area contributed by atoms with Gasteiger partial charge >= 0.3 is 5.97 Å². The van der Waals surface area contributed by atoms with Crippen LogP contribution in [0.5, 0.6) is 0 Å². The molecule has 1 heterocycles. The summed E-state index contributed by atoms with van der Waals surface area (Å²) in [5.74, 6) is -0.903. The lowest BCUT2D eigenvalue weighted by Gasteiger charge is -2.33. The fraction of sp³-hybridized carbons (Fsp3) is 0.333. The van der Waals surface area contributed by atoms with Gasteiger partial charge in [-0.1, -0.05) is 32.0 Å². The van der Waals surface area contributed by atoms with Crippen LogP contribution in [0, 0.1) is 17.0 Å². The van der Waals surface area contributed by atoms with Gasteiger partial charge in [0.15, 0.2) is 5.60 Å². The summed E-state index contributed by atoms with van der Waals surface area (Å²) in [7, 11) is 0. The summed E-state index contributed by atoms with van der Waals surface area (Å²) in [4.78, 5) is 36.1. The van der Waals surface area contributed by atoms with Gasteiger partial charge in [0, 0.05) is 12.5 Å². The normalized spacial score (nSPS) is 18.4. The van der Waals surface area contributed by atoms with Crippen LogP contribution in [0.3, 0.4) is 0 Å². The molecular formula is C21H22N2O5. The summed E-state index contributed by atoms with van der Waals surface area (Å²) >= 11 is 0. The molecule has 3 rings (SSSR count). The first kappa shape index (κ1) is 19.5. The molecule has 7 nitrogen and oxygen atoms in total. The molecule has 146 valence electrons. The van der Waals surface area contributed by atoms with Crippen molar-refractivity contribution in [3.8, 4) is 0 Å². The van der Waals surface area contributed by atoms with Gasteiger partial charge in [0.25, 0.3) is 11.6 Å². The Morgan fingerprint density at radius 2 is 1.96 bits per heavy atom. The molecule has 0 bridgehead atoms. The number of carbonyl (C=O) groups excluding carboxylic acids is 2. The Hall–Kier alpha value is -3.22. The molecule has 0 aromatic heterocycles. The molecule has 1 unspecified atom stereocenters. The molecule has 1 N–H and O–H groups in total. The second-order valence-electron chi connectivity index (χ2n) is 7.60. The highest BCUT2D eigenvalue weighted by Crippen LogP contribution is 2.33. The number of nitrogens with zero attached hydrogens (tertiary/aromatic N) is 1. The quantitative estimate of drug-likeness (QED) is 0.487. The van der Waals surface area contributed by atoms with Gasteiger partial charge < -0.3 is 10.1 Å². The highest BCUT2D eigenvalue weighted by Gasteiger charge is 2.43. The molecule has 0 fully saturated rings. The SMILES string of the molecule is Cc1ccc(NC(=O)C2(C)Cc3cc(C(C)C)ccc3C(=O)O2)c([N+](=O)[O-])c1. The molecule has 1 atom stereocenters. The number of nitrogens with one attached hydrogen (secondary N) is 1. The predicted molar refractivity (Wildman–Crippen MR) is 105 cm³/mol. The minimum atomic E-state index is -1.46. The van der Waals surface area contributed by atoms with E-state index in [0.29, 0.717) is 11.1 Å². The Morgan fingerprint density at radius 3 is 2.61 bits per heavy atom. The lowest BCUT2D eigenvalue weighted by Crippen LogP contribution is -2.49. The van der Waals surface area contributed by atoms with Crippen LogP contribution in [0.4, 0.5) is 11.4 Å². The zero-order valence-corrected chi connectivity index (χ0v) is 16.2. The molecule has 2 aromatic carbocycles. The molecule has 2 aromatic rings. The van der Waals surface area contributed by atoms with E-state index in [2.05, 4.69) is 5.32 Å². The Balaban J connectivity index is 1.92. The van der Waals surface area contributed by atoms with E-state index < -0.39 is 22.4 Å². The maximum atomic E-state index is 12.9. The molecule has 1 aliphatic rings. The van der Waals surface area contributed by atoms with Crippen molar-refractivity contribution < 1.29 is 19.2 Å². The predicted octanol–water partition coefficient (Wildman–Crippen LogP) is 4.14. The van der Waals surface area contributed by atoms with Crippen molar-refractivity contribution in [1.29, 1.82) is 0 Å². The van der Waals surface area contributed by atoms with E-state index in [-0.39, 0.29) is 23.7 Å². The average Bonchev–Trinajstić information content (AvgIpc) is 2.62. The second-order valence-corrected chi connectivity index (χ2v) is 7.60. The molecular weight excluding hydrogens is 360 g/mol. The smallest absolute Gasteiger partial charge is 0.339 e. The summed E-state index contributed by atoms with van der Waals surface area (Å²) in [6, 6.07) is 10.0. The van der Waals surface area contributed by atoms with Crippen molar-refractivity contribution in [1.82, 2.24) is 0 Å². The Bertz CT molecular complexity index is 983. The Kier molecular flexibility index (Phi) is 4.93. The standard InChI is InChI=1S/C21H22N2O5/c1-12(2)14-6-7-16-15(10-14)11-21(4,28-19(16)24)20(25)22-17-8-5-13(3)9-18(17)23(26)27/h5-10,12H,11H2,1-4H3,(H,22,25). The van der Waals surface area contributed by atoms with Crippen molar-refractivity contribution in [3.63, 3.8) is 0 Å². The van der Waals surface area contributed by atoms with Crippen LogP contribution >= 0.6 is 0 Å². The minimum absolute atomic E-state index is 0.0691. The van der Waals surface area contributed by atoms with Crippen LogP contribution in [0.25, 0.3) is 0 Å². The zero-order chi connectivity index (χ0) is 20.6. The number of fused-ring (bicyclic) bond motifs is 1. The number of anilines is 1. The van der Waals surface area contributed by atoms with Crippen molar-refractivity contribution in [3.05, 3.63) is 68.8 Å². The van der Waals surface area contributed by atoms with Gasteiger partial charge in [0.05, 0.1) is 10.5 Å². The third-order valence-electron chi connectivity index (χ3n) is 4.94. The summed E-state index contributed by atoms with van der Waals surface area (Å²) in [6.45, 7) is 7.34. The van der Waals surface area contributed by atoms with Gasteiger partial charge in [-0.25, -0.2) is 4.79 Å². The first-order valence-corrected chi connectivity index (χ1v) is 9.03. The van der Waals surface area contributed by atoms with Gasteiger partial charge in [-0.2, -0.15) is 0 Å². The van der Waals surface area contributed by atoms with Gasteiger partial charge in [0.2, 0.25) is 0 Å². The summed E-state index contributed by atoms with van der Waals surface area (Å²) in [6.07, 6.45) is 0.195. The molecule has 1 aliphatic heterocycles. The zero-order valence-electron chi connectivity index (χ0n) is 16.2. The minimum Gasteiger partial charge on any atom is -0.445 e. The molecule has 28 heavy (non-hydrogen) atoms. The molecule has 0 aliphatic carbocycles. The monoisotopic (exact) mass is 382 g/mol. The van der Waals surface area contributed by atoms with Crippen LogP contribution in [0.1, 0.15) is 53.7 Å². The molecule has 1 amide bonds. The van der Waals surface area contributed by atoms with Crippen LogP contribution in [-0.2, 0) is 16.0 Å². The first-order chi connectivity index (χ1) is 13.1. The van der Waals surface area contributed by atoms with Crippen molar-refractivity contribution in [2.24, 2.45) is 0 Å². The van der Waals surface area contributed by atoms with Crippen molar-refractivity contribution in [2.75, 3.05) is 5.32 Å². The third-order valence-corrected chi connectivity index (χ3v) is 4.94. The molecule has 0 spiro atoms. The van der Waals surface area contributed by atoms with Crippen molar-refractivity contribution >= 4 is 23.3 Å². The highest BCUT2D eigenvalue weighted by molar-refractivity contribution is 6.03. The van der Waals surface area contributed by atoms with Gasteiger partial charge in [0.1, 0.15) is 5.69 Å². The maximum absolute atomic E-state index is 12.9. The number of hydrogen-bond acceptors (Lipinski definition) is 5. The number of cyclic esters (lactones) is 1. The van der Waals surface area contributed by atoms with Crippen LogP contribution in [0.2, 0.25) is 0 Å². The fourth-order valence-electron chi connectivity index (χ4n) is 3.26. The average molecular weight is 382 g/mol. The fourth-order valence-corrected chi connectivity index (χ4v) is 3.26. The summed E-state index contributed by atoms with van der Waals surface area (Å²) < 4.78 is 5.44. The van der Waals surface area contributed by atoms with Crippen molar-refractivity contribution in [2.45, 2.75) is 45.6 Å². The summed E-state index contributed by atoms with van der Waals surface area (Å²) in [5.41, 5.74) is 1.34. The van der Waals surface area contributed by atoms with Crippen LogP contribution in [-0.4, -0.2) is 22.4 Å². The van der Waals surface area contributed by atoms with Gasteiger partial charge in [-0.3, -0.25) is 14.9 Å². The maximum Gasteiger partial charge on any atom is 0.339 e. The molecule has 0 saturated heterocycles. The number of hydrogen-bond donors (Lipinski definition) is 1. The number of carbonyl (C=O) groups is 2. The van der Waals surface area contributed by atoms with Crippen LogP contribution in [0.15, 0.2) is 36.4 Å². The highest BCUT2D eigenvalue weighted by atomic mass is 16.6. The number of esters is 1. The van der Waals surface area contributed by atoms with Gasteiger partial charge in [-0.05, 0) is 48.6 Å². The molecule has 7 heteroatoms. The van der Waals surface area contributed by atoms with E-state index >= 15 is 0 Å². The number of aryl methyl sites for hydroxylation is 1. The number of nitro groups is 1. The topological polar surface area (TPSA) is 98.5 Å². The second kappa shape index (κ2) is 7.07. The van der Waals surface area contributed by atoms with E-state index in [0.717, 1.165) is 11.1 Å². The van der Waals surface area contributed by atoms with E-state index in [4.69, 9.17) is 4.74 Å². The number of amides is 1. The largest absolute Gasteiger partial charge is 0.445 e. The third kappa shape index (κ3) is 3.60. The Morgan fingerprint density at radius 1 is 1.25 bits per heavy atom. The summed E-state index contributed by atoms with van der Waals surface area (Å²) in [5, 5.41) is 13.9. The first-order valence-electron chi connectivity index (χ1n) is 9.03. The van der Waals surface area contributed by atoms with E-state index in [1.165, 1.54) is 19.1 Å². The lowest BCUT2D eigenvalue weighted by molar-refractivity contribution is -0.384. The number of nitro benzene ring substituents is 1. The lowest BCUT2D eigenvalue weighted by atomic mass is 9.86. The number of benzene rings is 2. The number of ether oxygens (including phenoxy) is 1. The molecule has 0 radical (unpaired) electrons. The Labute approximate surface area is 162 Å². The number of rotatable bonds is 4. The van der Waals surface area contributed by atoms with E-state index in [1.54, 1.807) is 19.1 Å². The van der Waals surface area contributed by atoms with E-state index in [1.807, 2.05) is 26.0 Å². The van der Waals surface area contributed by atoms with E-state index in [9.17, 15) is 19.7 Å². The van der Waals surface area contributed by atoms with Crippen LogP contribution < -0.4 is 5.32 Å². The van der Waals surface area contributed by atoms with Gasteiger partial charge in [-0.15, -0.1) is 0 Å².